The third kappa shape index (κ3) is 2.23. The van der Waals surface area contributed by atoms with Crippen LogP contribution in [0.15, 0.2) is 36.7 Å². The lowest BCUT2D eigenvalue weighted by atomic mass is 9.99. The fraction of sp³-hybridized carbons (Fsp3) is 0.0625. The van der Waals surface area contributed by atoms with Crippen LogP contribution in [-0.2, 0) is 0 Å². The molecule has 3 aromatic rings. The highest BCUT2D eigenvalue weighted by atomic mass is 19.1. The van der Waals surface area contributed by atoms with Crippen LogP contribution in [0.5, 0.6) is 0 Å². The quantitative estimate of drug-likeness (QED) is 0.784. The zero-order valence-electron chi connectivity index (χ0n) is 11.2. The van der Waals surface area contributed by atoms with E-state index in [4.69, 9.17) is 5.73 Å². The molecule has 103 valence electrons. The lowest BCUT2D eigenvalue weighted by Crippen LogP contribution is -2.13. The first-order valence-corrected chi connectivity index (χ1v) is 6.29. The maximum atomic E-state index is 13.6. The smallest absolute Gasteiger partial charge is 0.267 e. The molecule has 2 N–H and O–H groups in total. The van der Waals surface area contributed by atoms with Crippen LogP contribution in [0.4, 0.5) is 4.39 Å². The molecular weight excluding hydrogens is 269 g/mol. The van der Waals surface area contributed by atoms with E-state index in [1.165, 1.54) is 6.20 Å². The fourth-order valence-corrected chi connectivity index (χ4v) is 2.26. The number of amides is 1. The first kappa shape index (κ1) is 13.2. The molecule has 0 unspecified atom stereocenters. The minimum atomic E-state index is -0.622. The number of hydrogen-bond donors (Lipinski definition) is 1. The molecule has 2 heterocycles. The molecule has 0 aliphatic carbocycles. The van der Waals surface area contributed by atoms with E-state index in [9.17, 15) is 9.18 Å². The van der Waals surface area contributed by atoms with Crippen LogP contribution in [-0.4, -0.2) is 15.9 Å². The molecule has 4 nitrogen and oxygen atoms in total. The third-order valence-electron chi connectivity index (χ3n) is 3.40. The zero-order chi connectivity index (χ0) is 15.0. The van der Waals surface area contributed by atoms with E-state index in [0.29, 0.717) is 16.5 Å². The molecule has 21 heavy (non-hydrogen) atoms. The molecule has 1 amide bonds. The van der Waals surface area contributed by atoms with E-state index in [-0.39, 0.29) is 11.5 Å². The van der Waals surface area contributed by atoms with Crippen molar-refractivity contribution in [3.8, 4) is 11.1 Å². The largest absolute Gasteiger partial charge is 0.364 e. The second kappa shape index (κ2) is 4.94. The van der Waals surface area contributed by atoms with Crippen LogP contribution in [0.2, 0.25) is 0 Å². The number of carbonyl (C=O) groups is 1. The number of rotatable bonds is 2. The van der Waals surface area contributed by atoms with E-state index in [0.717, 1.165) is 10.9 Å². The normalized spacial score (nSPS) is 10.8. The first-order chi connectivity index (χ1) is 10.1. The third-order valence-corrected chi connectivity index (χ3v) is 3.40. The van der Waals surface area contributed by atoms with Crippen molar-refractivity contribution in [2.75, 3.05) is 0 Å². The van der Waals surface area contributed by atoms with Crippen LogP contribution in [0.3, 0.4) is 0 Å². The van der Waals surface area contributed by atoms with Gasteiger partial charge in [-0.15, -0.1) is 0 Å². The number of carbonyl (C=O) groups excluding carboxylic acids is 1. The predicted octanol–water partition coefficient (Wildman–Crippen LogP) is 2.64. The summed E-state index contributed by atoms with van der Waals surface area (Å²) >= 11 is 0. The second-order valence-electron chi connectivity index (χ2n) is 4.69. The number of benzene rings is 1. The van der Waals surface area contributed by atoms with Gasteiger partial charge in [0, 0.05) is 17.1 Å². The van der Waals surface area contributed by atoms with Gasteiger partial charge in [-0.05, 0) is 35.6 Å². The number of fused-ring (bicyclic) bond motifs is 1. The van der Waals surface area contributed by atoms with Crippen LogP contribution < -0.4 is 5.73 Å². The minimum absolute atomic E-state index is 0.149. The summed E-state index contributed by atoms with van der Waals surface area (Å²) in [6.45, 7) is 1.68. The molecule has 0 aliphatic rings. The molecule has 0 fully saturated rings. The number of hydrogen-bond acceptors (Lipinski definition) is 3. The van der Waals surface area contributed by atoms with Crippen molar-refractivity contribution in [2.45, 2.75) is 6.92 Å². The Morgan fingerprint density at radius 3 is 2.90 bits per heavy atom. The Morgan fingerprint density at radius 1 is 1.33 bits per heavy atom. The lowest BCUT2D eigenvalue weighted by molar-refractivity contribution is 0.0997. The van der Waals surface area contributed by atoms with E-state index in [2.05, 4.69) is 16.2 Å². The van der Waals surface area contributed by atoms with Gasteiger partial charge in [0.25, 0.3) is 5.91 Å². The molecule has 3 rings (SSSR count). The Kier molecular flexibility index (Phi) is 3.10. The summed E-state index contributed by atoms with van der Waals surface area (Å²) in [7, 11) is 0. The first-order valence-electron chi connectivity index (χ1n) is 6.29. The average Bonchev–Trinajstić information content (AvgIpc) is 2.48. The molecule has 2 aromatic heterocycles. The Hall–Kier alpha value is -2.82. The topological polar surface area (TPSA) is 68.9 Å². The molecular formula is C16H11FN3O. The van der Waals surface area contributed by atoms with Crippen LogP contribution in [0, 0.1) is 18.9 Å². The number of nitrogens with zero attached hydrogens (tertiary/aromatic N) is 2. The Labute approximate surface area is 120 Å². The van der Waals surface area contributed by atoms with Gasteiger partial charge in [0.15, 0.2) is 0 Å². The van der Waals surface area contributed by atoms with Crippen LogP contribution in [0.25, 0.3) is 21.9 Å². The van der Waals surface area contributed by atoms with Crippen LogP contribution in [0.1, 0.15) is 16.1 Å². The van der Waals surface area contributed by atoms with Crippen molar-refractivity contribution >= 4 is 16.7 Å². The molecule has 1 radical (unpaired) electrons. The number of halogens is 1. The molecule has 5 heteroatoms. The SMILES string of the molecule is Cc1c(F)cncc1-c1ccc2c[c]nc(C(N)=O)c2c1. The van der Waals surface area contributed by atoms with Gasteiger partial charge >= 0.3 is 0 Å². The highest BCUT2D eigenvalue weighted by Gasteiger charge is 2.11. The van der Waals surface area contributed by atoms with Gasteiger partial charge in [-0.2, -0.15) is 0 Å². The summed E-state index contributed by atoms with van der Waals surface area (Å²) in [4.78, 5) is 19.2. The maximum absolute atomic E-state index is 13.6. The van der Waals surface area contributed by atoms with Crippen molar-refractivity contribution < 1.29 is 9.18 Å². The second-order valence-corrected chi connectivity index (χ2v) is 4.69. The van der Waals surface area contributed by atoms with Gasteiger partial charge < -0.3 is 5.73 Å². The Morgan fingerprint density at radius 2 is 2.14 bits per heavy atom. The highest BCUT2D eigenvalue weighted by Crippen LogP contribution is 2.28. The zero-order valence-corrected chi connectivity index (χ0v) is 11.2. The molecule has 0 saturated carbocycles. The maximum Gasteiger partial charge on any atom is 0.267 e. The summed E-state index contributed by atoms with van der Waals surface area (Å²) in [5.74, 6) is -0.995. The minimum Gasteiger partial charge on any atom is -0.364 e. The molecule has 0 saturated heterocycles. The summed E-state index contributed by atoms with van der Waals surface area (Å²) in [5.41, 5.74) is 7.40. The Balaban J connectivity index is 2.28. The van der Waals surface area contributed by atoms with Crippen molar-refractivity contribution in [1.82, 2.24) is 9.97 Å². The van der Waals surface area contributed by atoms with Gasteiger partial charge in [0.1, 0.15) is 11.5 Å². The average molecular weight is 280 g/mol. The highest BCUT2D eigenvalue weighted by molar-refractivity contribution is 6.05. The summed E-state index contributed by atoms with van der Waals surface area (Å²) < 4.78 is 13.6. The van der Waals surface area contributed by atoms with Gasteiger partial charge in [-0.3, -0.25) is 9.78 Å². The number of aromatic nitrogens is 2. The van der Waals surface area contributed by atoms with Gasteiger partial charge in [0.05, 0.1) is 12.4 Å². The van der Waals surface area contributed by atoms with Crippen molar-refractivity contribution in [3.63, 3.8) is 0 Å². The van der Waals surface area contributed by atoms with Crippen molar-refractivity contribution in [2.24, 2.45) is 5.73 Å². The van der Waals surface area contributed by atoms with E-state index in [1.54, 1.807) is 25.3 Å². The number of nitrogens with two attached hydrogens (primary N) is 1. The molecule has 1 aromatic carbocycles. The lowest BCUT2D eigenvalue weighted by Gasteiger charge is -2.08. The summed E-state index contributed by atoms with van der Waals surface area (Å²) in [6.07, 6.45) is 5.40. The number of primary amides is 1. The molecule has 0 bridgehead atoms. The van der Waals surface area contributed by atoms with Gasteiger partial charge in [-0.25, -0.2) is 9.37 Å². The van der Waals surface area contributed by atoms with Crippen molar-refractivity contribution in [1.29, 1.82) is 0 Å². The standard InChI is InChI=1S/C16H11FN3O/c1-9-13(7-19-8-14(9)17)11-3-2-10-4-5-20-15(16(18)21)12(10)6-11/h2-4,6-8H,1H3,(H2,18,21). The Bertz CT molecular complexity index is 861. The summed E-state index contributed by atoms with van der Waals surface area (Å²) in [5, 5.41) is 1.41. The van der Waals surface area contributed by atoms with E-state index >= 15 is 0 Å². The molecule has 0 aliphatic heterocycles. The fourth-order valence-electron chi connectivity index (χ4n) is 2.26. The predicted molar refractivity (Wildman–Crippen MR) is 77.0 cm³/mol. The monoisotopic (exact) mass is 280 g/mol. The van der Waals surface area contributed by atoms with Crippen LogP contribution >= 0.6 is 0 Å². The molecule has 0 atom stereocenters. The van der Waals surface area contributed by atoms with Gasteiger partial charge in [-0.1, -0.05) is 12.1 Å². The van der Waals surface area contributed by atoms with E-state index in [1.807, 2.05) is 12.1 Å². The molecule has 0 spiro atoms. The van der Waals surface area contributed by atoms with Crippen molar-refractivity contribution in [3.05, 3.63) is 59.9 Å². The van der Waals surface area contributed by atoms with E-state index < -0.39 is 5.91 Å². The van der Waals surface area contributed by atoms with Gasteiger partial charge in [0.2, 0.25) is 0 Å². The summed E-state index contributed by atoms with van der Waals surface area (Å²) in [6, 6.07) is 7.09. The number of pyridine rings is 2.